The first-order valence-electron chi connectivity index (χ1n) is 14.9. The molecule has 1 saturated heterocycles. The van der Waals surface area contributed by atoms with E-state index in [-0.39, 0.29) is 49.7 Å². The van der Waals surface area contributed by atoms with Gasteiger partial charge in [0.05, 0.1) is 31.3 Å². The highest BCUT2D eigenvalue weighted by atomic mass is 16.7. The van der Waals surface area contributed by atoms with Gasteiger partial charge in [-0.3, -0.25) is 14.6 Å². The second kappa shape index (κ2) is 11.4. The Morgan fingerprint density at radius 1 is 1.23 bits per heavy atom. The lowest BCUT2D eigenvalue weighted by molar-refractivity contribution is -0.123. The normalized spacial score (nSPS) is 25.5. The molecule has 1 amide bonds. The monoisotopic (exact) mass is 601 g/mol. The number of carbonyl (C=O) groups is 1. The fraction of sp³-hybridized carbons (Fsp3) is 0.515. The average Bonchev–Trinajstić information content (AvgIpc) is 3.50. The van der Waals surface area contributed by atoms with Crippen LogP contribution in [0, 0.1) is 37.5 Å². The first-order valence-corrected chi connectivity index (χ1v) is 14.9. The van der Waals surface area contributed by atoms with Gasteiger partial charge in [-0.2, -0.15) is 5.26 Å². The standard InChI is InChI=1S/C33H39N5O6/c1-8-9-42-30-17(3)31-32(44-15-43-31)26-20(30)12-22-27-25-19(10-16(2)29(41-7)28(25)39)11-21(37(27)6)23(13-34)38(22)24(26)14-36-33(40)18(4)35-5/h1,10,18,21-24,27,35,39H,9,11-12,14-15H2,2-7H3,(H,36,40)/t18-,21-,22-,23-,24-,27-/m0/s1. The summed E-state index contributed by atoms with van der Waals surface area (Å²) < 4.78 is 23.9. The van der Waals surface area contributed by atoms with Crippen molar-refractivity contribution in [3.63, 3.8) is 0 Å². The predicted molar refractivity (Wildman–Crippen MR) is 162 cm³/mol. The van der Waals surface area contributed by atoms with E-state index in [9.17, 15) is 15.2 Å². The van der Waals surface area contributed by atoms with Gasteiger partial charge in [-0.25, -0.2) is 0 Å². The van der Waals surface area contributed by atoms with Crippen LogP contribution in [0.25, 0.3) is 0 Å². The van der Waals surface area contributed by atoms with Gasteiger partial charge in [-0.05, 0) is 58.8 Å². The maximum Gasteiger partial charge on any atom is 0.236 e. The molecule has 0 unspecified atom stereocenters. The number of ether oxygens (including phenoxy) is 4. The van der Waals surface area contributed by atoms with Crippen molar-refractivity contribution in [3.8, 4) is 47.2 Å². The smallest absolute Gasteiger partial charge is 0.236 e. The number of phenols is 1. The van der Waals surface area contributed by atoms with Crippen molar-refractivity contribution >= 4 is 5.91 Å². The highest BCUT2D eigenvalue weighted by Gasteiger charge is 2.56. The highest BCUT2D eigenvalue weighted by molar-refractivity contribution is 5.81. The third-order valence-electron chi connectivity index (χ3n) is 9.86. The van der Waals surface area contributed by atoms with Crippen molar-refractivity contribution in [2.75, 3.05) is 41.1 Å². The number of nitrogens with zero attached hydrogens (tertiary/aromatic N) is 3. The first-order chi connectivity index (χ1) is 21.2. The molecule has 11 heteroatoms. The number of amides is 1. The Labute approximate surface area is 258 Å². The van der Waals surface area contributed by atoms with Gasteiger partial charge in [0.15, 0.2) is 23.0 Å². The Morgan fingerprint density at radius 2 is 1.98 bits per heavy atom. The summed E-state index contributed by atoms with van der Waals surface area (Å²) in [5.74, 6) is 4.80. The molecule has 6 atom stereocenters. The zero-order chi connectivity index (χ0) is 31.4. The SMILES string of the molecule is C#CCOc1c(C)c2c(c3c1C[C@H]1[C@H]4c5c(cc(C)c(OC)c5O)C[C@@H]([C@H](C#N)N1[C@H]3CNC(=O)[C@H](C)NC)N4C)OCO2. The molecule has 1 fully saturated rings. The molecule has 4 heterocycles. The summed E-state index contributed by atoms with van der Waals surface area (Å²) in [6.45, 7) is 5.98. The van der Waals surface area contributed by atoms with Crippen LogP contribution in [0.1, 0.15) is 52.4 Å². The van der Waals surface area contributed by atoms with Crippen molar-refractivity contribution in [1.82, 2.24) is 20.4 Å². The van der Waals surface area contributed by atoms with Crippen molar-refractivity contribution in [2.24, 2.45) is 0 Å². The summed E-state index contributed by atoms with van der Waals surface area (Å²) in [6.07, 6.45) is 6.69. The van der Waals surface area contributed by atoms with E-state index in [2.05, 4.69) is 38.5 Å². The van der Waals surface area contributed by atoms with Gasteiger partial charge >= 0.3 is 0 Å². The van der Waals surface area contributed by atoms with Crippen LogP contribution in [-0.4, -0.2) is 86.1 Å². The molecule has 2 aromatic rings. The van der Waals surface area contributed by atoms with Crippen LogP contribution < -0.4 is 29.6 Å². The third-order valence-corrected chi connectivity index (χ3v) is 9.86. The van der Waals surface area contributed by atoms with E-state index in [1.165, 1.54) is 0 Å². The molecular formula is C33H39N5O6. The molecule has 11 nitrogen and oxygen atoms in total. The summed E-state index contributed by atoms with van der Waals surface area (Å²) in [6, 6.07) is 2.58. The number of terminal acetylenes is 1. The number of piperazine rings is 1. The van der Waals surface area contributed by atoms with E-state index in [1.807, 2.05) is 20.9 Å². The summed E-state index contributed by atoms with van der Waals surface area (Å²) in [5, 5.41) is 28.5. The number of likely N-dealkylation sites (N-methyl/N-ethyl adjacent to an activating group) is 2. The van der Waals surface area contributed by atoms with Crippen molar-refractivity contribution in [3.05, 3.63) is 39.4 Å². The molecule has 2 bridgehead atoms. The predicted octanol–water partition coefficient (Wildman–Crippen LogP) is 2.25. The molecule has 6 rings (SSSR count). The van der Waals surface area contributed by atoms with E-state index in [0.717, 1.165) is 33.4 Å². The fourth-order valence-corrected chi connectivity index (χ4v) is 7.82. The number of methoxy groups -OCH3 is 1. The molecule has 0 aliphatic carbocycles. The maximum absolute atomic E-state index is 13.1. The van der Waals surface area contributed by atoms with Crippen molar-refractivity contribution in [1.29, 1.82) is 5.26 Å². The molecule has 2 aromatic carbocycles. The summed E-state index contributed by atoms with van der Waals surface area (Å²) in [7, 11) is 5.32. The molecule has 0 aromatic heterocycles. The molecule has 0 radical (unpaired) electrons. The highest BCUT2D eigenvalue weighted by Crippen LogP contribution is 2.58. The Kier molecular flexibility index (Phi) is 7.75. The number of hydrogen-bond acceptors (Lipinski definition) is 10. The van der Waals surface area contributed by atoms with E-state index in [1.54, 1.807) is 21.1 Å². The van der Waals surface area contributed by atoms with Gasteiger partial charge in [0.25, 0.3) is 0 Å². The minimum Gasteiger partial charge on any atom is -0.504 e. The molecule has 3 N–H and O–H groups in total. The number of carbonyl (C=O) groups excluding carboxylic acids is 1. The minimum atomic E-state index is -0.523. The Hall–Kier alpha value is -4.16. The zero-order valence-corrected chi connectivity index (χ0v) is 26.0. The van der Waals surface area contributed by atoms with Gasteiger partial charge in [0, 0.05) is 40.9 Å². The molecule has 0 spiro atoms. The van der Waals surface area contributed by atoms with Gasteiger partial charge in [0.2, 0.25) is 12.7 Å². The van der Waals surface area contributed by atoms with Gasteiger partial charge in [-0.15, -0.1) is 6.42 Å². The number of nitriles is 1. The number of rotatable bonds is 7. The Bertz CT molecular complexity index is 1600. The summed E-state index contributed by atoms with van der Waals surface area (Å²) in [5.41, 5.74) is 5.18. The number of benzene rings is 2. The fourth-order valence-electron chi connectivity index (χ4n) is 7.82. The number of hydrogen-bond donors (Lipinski definition) is 3. The summed E-state index contributed by atoms with van der Waals surface area (Å²) in [4.78, 5) is 17.5. The first kappa shape index (κ1) is 29.9. The van der Waals surface area contributed by atoms with Crippen LogP contribution in [0.4, 0.5) is 0 Å². The van der Waals surface area contributed by atoms with Crippen LogP contribution in [-0.2, 0) is 17.6 Å². The molecule has 4 aliphatic rings. The number of aryl methyl sites for hydroxylation is 1. The topological polar surface area (TPSA) is 129 Å². The van der Waals surface area contributed by atoms with E-state index >= 15 is 0 Å². The molecule has 44 heavy (non-hydrogen) atoms. The minimum absolute atomic E-state index is 0.0521. The molecule has 4 aliphatic heterocycles. The number of nitrogens with one attached hydrogen (secondary N) is 2. The quantitative estimate of drug-likeness (QED) is 0.407. The van der Waals surface area contributed by atoms with Crippen molar-refractivity contribution in [2.45, 2.75) is 69.9 Å². The second-order valence-electron chi connectivity index (χ2n) is 12.0. The average molecular weight is 602 g/mol. The second-order valence-corrected chi connectivity index (χ2v) is 12.0. The lowest BCUT2D eigenvalue weighted by Crippen LogP contribution is -2.68. The van der Waals surface area contributed by atoms with Gasteiger partial charge < -0.3 is 34.7 Å². The lowest BCUT2D eigenvalue weighted by Gasteiger charge is -2.60. The van der Waals surface area contributed by atoms with Gasteiger partial charge in [0.1, 0.15) is 18.4 Å². The van der Waals surface area contributed by atoms with Crippen LogP contribution in [0.15, 0.2) is 6.07 Å². The Morgan fingerprint density at radius 3 is 2.66 bits per heavy atom. The number of phenolic OH excluding ortho intramolecular Hbond substituents is 1. The number of aromatic hydroxyl groups is 1. The van der Waals surface area contributed by atoms with Crippen LogP contribution >= 0.6 is 0 Å². The largest absolute Gasteiger partial charge is 0.504 e. The van der Waals surface area contributed by atoms with Crippen LogP contribution in [0.2, 0.25) is 0 Å². The van der Waals surface area contributed by atoms with E-state index < -0.39 is 18.1 Å². The lowest BCUT2D eigenvalue weighted by atomic mass is 9.71. The maximum atomic E-state index is 13.1. The molecular weight excluding hydrogens is 562 g/mol. The zero-order valence-electron chi connectivity index (χ0n) is 26.0. The van der Waals surface area contributed by atoms with Crippen LogP contribution in [0.5, 0.6) is 28.7 Å². The Balaban J connectivity index is 1.59. The summed E-state index contributed by atoms with van der Waals surface area (Å²) >= 11 is 0. The molecule has 232 valence electrons. The number of fused-ring (bicyclic) bond motifs is 9. The molecule has 0 saturated carbocycles. The van der Waals surface area contributed by atoms with Crippen molar-refractivity contribution < 1.29 is 28.8 Å². The van der Waals surface area contributed by atoms with E-state index in [0.29, 0.717) is 35.8 Å². The van der Waals surface area contributed by atoms with Gasteiger partial charge in [-0.1, -0.05) is 12.0 Å². The van der Waals surface area contributed by atoms with Crippen LogP contribution in [0.3, 0.4) is 0 Å². The van der Waals surface area contributed by atoms with E-state index in [4.69, 9.17) is 25.4 Å². The third kappa shape index (κ3) is 4.34.